The third-order valence-corrected chi connectivity index (χ3v) is 4.24. The standard InChI is InChI=1S/C12H13ClN2OS/c1-14-9(7-12(16)15(14)2)8-17-11-6-4-3-5-10(11)13/h3-7H,8H2,1-2H3. The topological polar surface area (TPSA) is 26.9 Å². The second-order valence-electron chi connectivity index (χ2n) is 3.74. The van der Waals surface area contributed by atoms with Crippen LogP contribution in [0.4, 0.5) is 0 Å². The first-order valence-electron chi connectivity index (χ1n) is 5.19. The van der Waals surface area contributed by atoms with Crippen LogP contribution < -0.4 is 5.56 Å². The summed E-state index contributed by atoms with van der Waals surface area (Å²) in [5.74, 6) is 0.732. The Labute approximate surface area is 109 Å². The average Bonchev–Trinajstić information content (AvgIpc) is 2.56. The minimum Gasteiger partial charge on any atom is -0.289 e. The predicted octanol–water partition coefficient (Wildman–Crippen LogP) is 2.67. The fourth-order valence-corrected chi connectivity index (χ4v) is 2.77. The van der Waals surface area contributed by atoms with Crippen molar-refractivity contribution in [3.8, 4) is 0 Å². The summed E-state index contributed by atoms with van der Waals surface area (Å²) in [4.78, 5) is 12.5. The van der Waals surface area contributed by atoms with Gasteiger partial charge in [-0.1, -0.05) is 23.7 Å². The largest absolute Gasteiger partial charge is 0.289 e. The molecule has 0 amide bonds. The van der Waals surface area contributed by atoms with Crippen molar-refractivity contribution in [3.05, 3.63) is 51.4 Å². The summed E-state index contributed by atoms with van der Waals surface area (Å²) in [5.41, 5.74) is 1.00. The van der Waals surface area contributed by atoms with Crippen molar-refractivity contribution in [3.63, 3.8) is 0 Å². The number of hydrogen-bond donors (Lipinski definition) is 0. The molecule has 0 atom stereocenters. The summed E-state index contributed by atoms with van der Waals surface area (Å²) in [6, 6.07) is 9.37. The van der Waals surface area contributed by atoms with Gasteiger partial charge in [0.1, 0.15) is 0 Å². The smallest absolute Gasteiger partial charge is 0.266 e. The van der Waals surface area contributed by atoms with E-state index in [-0.39, 0.29) is 5.56 Å². The first-order valence-corrected chi connectivity index (χ1v) is 6.55. The molecule has 1 aromatic carbocycles. The molecule has 0 saturated heterocycles. The van der Waals surface area contributed by atoms with E-state index >= 15 is 0 Å². The summed E-state index contributed by atoms with van der Waals surface area (Å²) in [6.45, 7) is 0. The van der Waals surface area contributed by atoms with Gasteiger partial charge in [-0.2, -0.15) is 0 Å². The molecule has 0 saturated carbocycles. The van der Waals surface area contributed by atoms with Crippen LogP contribution >= 0.6 is 23.4 Å². The highest BCUT2D eigenvalue weighted by molar-refractivity contribution is 7.98. The summed E-state index contributed by atoms with van der Waals surface area (Å²) >= 11 is 7.70. The van der Waals surface area contributed by atoms with Crippen LogP contribution in [0.1, 0.15) is 5.69 Å². The third-order valence-electron chi connectivity index (χ3n) is 2.69. The quantitative estimate of drug-likeness (QED) is 0.801. The number of benzene rings is 1. The number of rotatable bonds is 3. The molecule has 90 valence electrons. The minimum atomic E-state index is 0.0160. The zero-order valence-electron chi connectivity index (χ0n) is 9.68. The maximum absolute atomic E-state index is 11.4. The summed E-state index contributed by atoms with van der Waals surface area (Å²) < 4.78 is 3.44. The molecule has 2 aromatic rings. The minimum absolute atomic E-state index is 0.0160. The Morgan fingerprint density at radius 1 is 1.24 bits per heavy atom. The van der Waals surface area contributed by atoms with Gasteiger partial charge in [0.25, 0.3) is 5.56 Å². The van der Waals surface area contributed by atoms with Crippen molar-refractivity contribution in [2.24, 2.45) is 14.1 Å². The van der Waals surface area contributed by atoms with E-state index in [2.05, 4.69) is 0 Å². The first-order chi connectivity index (χ1) is 8.09. The van der Waals surface area contributed by atoms with E-state index in [1.807, 2.05) is 36.0 Å². The van der Waals surface area contributed by atoms with Gasteiger partial charge in [0.05, 0.1) is 10.7 Å². The number of thioether (sulfide) groups is 1. The highest BCUT2D eigenvalue weighted by atomic mass is 35.5. The van der Waals surface area contributed by atoms with Crippen molar-refractivity contribution in [1.82, 2.24) is 9.36 Å². The monoisotopic (exact) mass is 268 g/mol. The van der Waals surface area contributed by atoms with E-state index in [1.165, 1.54) is 0 Å². The molecule has 0 unspecified atom stereocenters. The Morgan fingerprint density at radius 3 is 2.53 bits per heavy atom. The van der Waals surface area contributed by atoms with Crippen LogP contribution in [0, 0.1) is 0 Å². The van der Waals surface area contributed by atoms with Gasteiger partial charge >= 0.3 is 0 Å². The molecule has 1 aromatic heterocycles. The maximum Gasteiger partial charge on any atom is 0.266 e. The number of aromatic nitrogens is 2. The van der Waals surface area contributed by atoms with Crippen LogP contribution in [0.25, 0.3) is 0 Å². The molecule has 2 rings (SSSR count). The zero-order chi connectivity index (χ0) is 12.4. The van der Waals surface area contributed by atoms with E-state index in [0.29, 0.717) is 0 Å². The van der Waals surface area contributed by atoms with Crippen LogP contribution in [-0.4, -0.2) is 9.36 Å². The lowest BCUT2D eigenvalue weighted by atomic mass is 10.4. The van der Waals surface area contributed by atoms with Gasteiger partial charge in [0, 0.05) is 30.8 Å². The fraction of sp³-hybridized carbons (Fsp3) is 0.250. The van der Waals surface area contributed by atoms with Crippen molar-refractivity contribution >= 4 is 23.4 Å². The highest BCUT2D eigenvalue weighted by Gasteiger charge is 2.06. The van der Waals surface area contributed by atoms with Crippen LogP contribution in [0.3, 0.4) is 0 Å². The van der Waals surface area contributed by atoms with Gasteiger partial charge in [-0.3, -0.25) is 14.2 Å². The molecule has 0 N–H and O–H groups in total. The van der Waals surface area contributed by atoms with Gasteiger partial charge in [-0.25, -0.2) is 0 Å². The molecule has 0 aliphatic carbocycles. The molecule has 17 heavy (non-hydrogen) atoms. The van der Waals surface area contributed by atoms with Crippen LogP contribution in [0.2, 0.25) is 5.02 Å². The zero-order valence-corrected chi connectivity index (χ0v) is 11.3. The Balaban J connectivity index is 2.16. The second kappa shape index (κ2) is 5.02. The van der Waals surface area contributed by atoms with Gasteiger partial charge in [0.2, 0.25) is 0 Å². The van der Waals surface area contributed by atoms with E-state index in [4.69, 9.17) is 11.6 Å². The summed E-state index contributed by atoms with van der Waals surface area (Å²) in [7, 11) is 3.63. The first kappa shape index (κ1) is 12.3. The molecular formula is C12H13ClN2OS. The number of halogens is 1. The second-order valence-corrected chi connectivity index (χ2v) is 5.16. The number of nitrogens with zero attached hydrogens (tertiary/aromatic N) is 2. The molecule has 0 aliphatic heterocycles. The molecule has 0 fully saturated rings. The van der Waals surface area contributed by atoms with Gasteiger partial charge in [0.15, 0.2) is 0 Å². The summed E-state index contributed by atoms with van der Waals surface area (Å²) in [5, 5.41) is 0.749. The van der Waals surface area contributed by atoms with Crippen LogP contribution in [0.15, 0.2) is 40.0 Å². The molecule has 0 spiro atoms. The Kier molecular flexibility index (Phi) is 3.64. The van der Waals surface area contributed by atoms with Crippen molar-refractivity contribution in [2.45, 2.75) is 10.6 Å². The van der Waals surface area contributed by atoms with Gasteiger partial charge < -0.3 is 0 Å². The Hall–Kier alpha value is -1.13. The average molecular weight is 269 g/mol. The third kappa shape index (κ3) is 2.58. The maximum atomic E-state index is 11.4. The molecule has 5 heteroatoms. The van der Waals surface area contributed by atoms with Crippen LogP contribution in [-0.2, 0) is 19.8 Å². The number of hydrogen-bond acceptors (Lipinski definition) is 2. The van der Waals surface area contributed by atoms with E-state index in [9.17, 15) is 4.79 Å². The molecular weight excluding hydrogens is 256 g/mol. The lowest BCUT2D eigenvalue weighted by molar-refractivity contribution is 0.565. The van der Waals surface area contributed by atoms with E-state index < -0.39 is 0 Å². The Morgan fingerprint density at radius 2 is 1.94 bits per heavy atom. The van der Waals surface area contributed by atoms with Crippen LogP contribution in [0.5, 0.6) is 0 Å². The molecule has 0 aliphatic rings. The van der Waals surface area contributed by atoms with Crippen molar-refractivity contribution in [1.29, 1.82) is 0 Å². The molecule has 0 radical (unpaired) electrons. The van der Waals surface area contributed by atoms with E-state index in [1.54, 1.807) is 29.6 Å². The fourth-order valence-electron chi connectivity index (χ4n) is 1.52. The molecule has 1 heterocycles. The SMILES string of the molecule is Cn1c(CSc2ccccc2Cl)cc(=O)n1C. The molecule has 3 nitrogen and oxygen atoms in total. The Bertz CT molecular complexity index is 588. The highest BCUT2D eigenvalue weighted by Crippen LogP contribution is 2.28. The normalized spacial score (nSPS) is 10.8. The van der Waals surface area contributed by atoms with Crippen molar-refractivity contribution in [2.75, 3.05) is 0 Å². The lowest BCUT2D eigenvalue weighted by Gasteiger charge is -2.06. The van der Waals surface area contributed by atoms with Gasteiger partial charge in [-0.05, 0) is 12.1 Å². The molecule has 0 bridgehead atoms. The van der Waals surface area contributed by atoms with Gasteiger partial charge in [-0.15, -0.1) is 11.8 Å². The predicted molar refractivity (Wildman–Crippen MR) is 71.7 cm³/mol. The lowest BCUT2D eigenvalue weighted by Crippen LogP contribution is -2.16. The van der Waals surface area contributed by atoms with Crippen molar-refractivity contribution < 1.29 is 0 Å². The van der Waals surface area contributed by atoms with E-state index in [0.717, 1.165) is 21.4 Å². The summed E-state index contributed by atoms with van der Waals surface area (Å²) in [6.07, 6.45) is 0.